The molecule has 0 aliphatic rings. The average Bonchev–Trinajstić information content (AvgIpc) is 2.63. The highest BCUT2D eigenvalue weighted by molar-refractivity contribution is 6.47. The quantitative estimate of drug-likeness (QED) is 0.444. The monoisotopic (exact) mass is 368 g/mol. The normalized spacial score (nSPS) is 10.0. The lowest BCUT2D eigenvalue weighted by molar-refractivity contribution is -0.142. The molecule has 0 aliphatic heterocycles. The predicted octanol–water partition coefficient (Wildman–Crippen LogP) is 2.57. The van der Waals surface area contributed by atoms with Gasteiger partial charge in [-0.15, -0.1) is 0 Å². The summed E-state index contributed by atoms with van der Waals surface area (Å²) in [5.41, 5.74) is 1.52. The molecule has 2 N–H and O–H groups in total. The third-order valence-corrected chi connectivity index (χ3v) is 3.55. The van der Waals surface area contributed by atoms with Gasteiger partial charge < -0.3 is 15.4 Å². The molecule has 0 aromatic heterocycles. The fourth-order valence-corrected chi connectivity index (χ4v) is 2.37. The molecule has 0 radical (unpaired) electrons. The summed E-state index contributed by atoms with van der Waals surface area (Å²) in [6, 6.07) is 12.8. The van der Waals surface area contributed by atoms with Gasteiger partial charge in [-0.1, -0.05) is 24.3 Å². The Bertz CT molecular complexity index is 859. The van der Waals surface area contributed by atoms with Crippen LogP contribution in [0.1, 0.15) is 29.8 Å². The van der Waals surface area contributed by atoms with E-state index >= 15 is 0 Å². The van der Waals surface area contributed by atoms with Gasteiger partial charge in [0, 0.05) is 12.6 Å². The number of esters is 1. The van der Waals surface area contributed by atoms with Gasteiger partial charge in [-0.2, -0.15) is 0 Å². The van der Waals surface area contributed by atoms with Crippen molar-refractivity contribution in [3.05, 3.63) is 59.7 Å². The van der Waals surface area contributed by atoms with Crippen LogP contribution in [0.5, 0.6) is 0 Å². The molecule has 0 aliphatic carbocycles. The third-order valence-electron chi connectivity index (χ3n) is 3.55. The van der Waals surface area contributed by atoms with Crippen LogP contribution in [0.2, 0.25) is 0 Å². The first-order valence-corrected chi connectivity index (χ1v) is 8.37. The minimum Gasteiger partial charge on any atom is -0.466 e. The zero-order chi connectivity index (χ0) is 19.8. The Morgan fingerprint density at radius 3 is 2.22 bits per heavy atom. The van der Waals surface area contributed by atoms with Crippen LogP contribution in [0.15, 0.2) is 48.5 Å². The number of hydrogen-bond donors (Lipinski definition) is 2. The predicted molar refractivity (Wildman–Crippen MR) is 100 cm³/mol. The van der Waals surface area contributed by atoms with Crippen LogP contribution >= 0.6 is 0 Å². The van der Waals surface area contributed by atoms with Gasteiger partial charge in [0.15, 0.2) is 0 Å². The number of carbonyl (C=O) groups excluding carboxylic acids is 4. The van der Waals surface area contributed by atoms with Crippen molar-refractivity contribution in [2.45, 2.75) is 20.3 Å². The van der Waals surface area contributed by atoms with E-state index in [4.69, 9.17) is 4.74 Å². The fourth-order valence-electron chi connectivity index (χ4n) is 2.37. The summed E-state index contributed by atoms with van der Waals surface area (Å²) in [4.78, 5) is 47.4. The van der Waals surface area contributed by atoms with Crippen molar-refractivity contribution < 1.29 is 23.9 Å². The lowest BCUT2D eigenvalue weighted by Crippen LogP contribution is -2.24. The van der Waals surface area contributed by atoms with E-state index in [1.54, 1.807) is 49.4 Å². The minimum atomic E-state index is -0.828. The molecular formula is C20H20N2O5. The van der Waals surface area contributed by atoms with Crippen molar-refractivity contribution in [3.8, 4) is 0 Å². The maximum atomic E-state index is 12.4. The molecule has 140 valence electrons. The van der Waals surface area contributed by atoms with Crippen LogP contribution in [0.3, 0.4) is 0 Å². The number of anilines is 2. The first-order chi connectivity index (χ1) is 12.9. The Balaban J connectivity index is 2.06. The van der Waals surface area contributed by atoms with Crippen LogP contribution in [-0.4, -0.2) is 30.2 Å². The maximum absolute atomic E-state index is 12.4. The fraction of sp³-hybridized carbons (Fsp3) is 0.200. The van der Waals surface area contributed by atoms with E-state index in [-0.39, 0.29) is 29.5 Å². The summed E-state index contributed by atoms with van der Waals surface area (Å²) in [6.07, 6.45) is 0.130. The number of rotatable bonds is 7. The van der Waals surface area contributed by atoms with Gasteiger partial charge in [-0.05, 0) is 36.8 Å². The van der Waals surface area contributed by atoms with Crippen molar-refractivity contribution in [3.63, 3.8) is 0 Å². The molecule has 2 amide bonds. The van der Waals surface area contributed by atoms with Crippen LogP contribution < -0.4 is 10.6 Å². The first kappa shape index (κ1) is 19.8. The van der Waals surface area contributed by atoms with Crippen molar-refractivity contribution in [1.82, 2.24) is 0 Å². The second-order valence-electron chi connectivity index (χ2n) is 5.69. The van der Waals surface area contributed by atoms with Gasteiger partial charge in [0.05, 0.1) is 24.3 Å². The van der Waals surface area contributed by atoms with E-state index in [9.17, 15) is 19.2 Å². The molecular weight excluding hydrogens is 348 g/mol. The second-order valence-corrected chi connectivity index (χ2v) is 5.69. The Hall–Kier alpha value is -3.48. The van der Waals surface area contributed by atoms with Gasteiger partial charge in [-0.25, -0.2) is 0 Å². The molecule has 0 unspecified atom stereocenters. The molecule has 0 spiro atoms. The summed E-state index contributed by atoms with van der Waals surface area (Å²) < 4.78 is 4.88. The highest BCUT2D eigenvalue weighted by Crippen LogP contribution is 2.17. The first-order valence-electron chi connectivity index (χ1n) is 8.37. The van der Waals surface area contributed by atoms with E-state index in [0.717, 1.165) is 5.56 Å². The maximum Gasteiger partial charge on any atom is 0.310 e. The molecule has 27 heavy (non-hydrogen) atoms. The van der Waals surface area contributed by atoms with Gasteiger partial charge in [0.1, 0.15) is 0 Å². The molecule has 2 rings (SSSR count). The summed E-state index contributed by atoms with van der Waals surface area (Å²) in [5.74, 6) is -2.27. The number of hydrogen-bond acceptors (Lipinski definition) is 5. The summed E-state index contributed by atoms with van der Waals surface area (Å²) >= 11 is 0. The van der Waals surface area contributed by atoms with Crippen LogP contribution in [-0.2, 0) is 25.5 Å². The van der Waals surface area contributed by atoms with Crippen molar-refractivity contribution in [1.29, 1.82) is 0 Å². The number of benzene rings is 2. The average molecular weight is 368 g/mol. The molecule has 2 aromatic carbocycles. The van der Waals surface area contributed by atoms with E-state index in [0.29, 0.717) is 12.3 Å². The molecule has 7 heteroatoms. The van der Waals surface area contributed by atoms with Gasteiger partial charge in [-0.3, -0.25) is 19.2 Å². The molecule has 0 bridgehead atoms. The van der Waals surface area contributed by atoms with E-state index in [1.807, 2.05) is 0 Å². The number of para-hydroxylation sites is 1. The second kappa shape index (κ2) is 9.28. The molecule has 0 saturated heterocycles. The molecule has 0 fully saturated rings. The van der Waals surface area contributed by atoms with Crippen molar-refractivity contribution >= 4 is 34.9 Å². The number of carbonyl (C=O) groups is 4. The standard InChI is InChI=1S/C20H20N2O5/c1-3-27-18(24)12-14-8-10-15(11-9-14)22-20(26)19(25)16-6-4-5-7-17(16)21-13(2)23/h4-11H,3,12H2,1-2H3,(H,21,23)(H,22,26). The molecule has 2 aromatic rings. The van der Waals surface area contributed by atoms with Crippen LogP contribution in [0.4, 0.5) is 11.4 Å². The zero-order valence-corrected chi connectivity index (χ0v) is 15.1. The summed E-state index contributed by atoms with van der Waals surface area (Å²) in [5, 5.41) is 5.03. The Labute approximate surface area is 156 Å². The van der Waals surface area contributed by atoms with Gasteiger partial charge in [0.2, 0.25) is 5.91 Å². The number of ketones is 1. The highest BCUT2D eigenvalue weighted by atomic mass is 16.5. The molecule has 0 atom stereocenters. The Kier molecular flexibility index (Phi) is 6.82. The van der Waals surface area contributed by atoms with E-state index < -0.39 is 11.7 Å². The lowest BCUT2D eigenvalue weighted by Gasteiger charge is -2.09. The SMILES string of the molecule is CCOC(=O)Cc1ccc(NC(=O)C(=O)c2ccccc2NC(C)=O)cc1. The van der Waals surface area contributed by atoms with Crippen LogP contribution in [0, 0.1) is 0 Å². The van der Waals surface area contributed by atoms with Gasteiger partial charge >= 0.3 is 5.97 Å². The molecule has 0 heterocycles. The van der Waals surface area contributed by atoms with Crippen molar-refractivity contribution in [2.75, 3.05) is 17.2 Å². The smallest absolute Gasteiger partial charge is 0.310 e. The Morgan fingerprint density at radius 1 is 0.926 bits per heavy atom. The Morgan fingerprint density at radius 2 is 1.59 bits per heavy atom. The third kappa shape index (κ3) is 5.78. The van der Waals surface area contributed by atoms with Crippen molar-refractivity contribution in [2.24, 2.45) is 0 Å². The number of amides is 2. The van der Waals surface area contributed by atoms with Gasteiger partial charge in [0.25, 0.3) is 11.7 Å². The number of nitrogens with one attached hydrogen (secondary N) is 2. The minimum absolute atomic E-state index is 0.101. The topological polar surface area (TPSA) is 102 Å². The van der Waals surface area contributed by atoms with E-state index in [1.165, 1.54) is 13.0 Å². The zero-order valence-electron chi connectivity index (χ0n) is 15.1. The lowest BCUT2D eigenvalue weighted by atomic mass is 10.1. The summed E-state index contributed by atoms with van der Waals surface area (Å²) in [7, 11) is 0. The molecule has 7 nitrogen and oxygen atoms in total. The van der Waals surface area contributed by atoms with Crippen LogP contribution in [0.25, 0.3) is 0 Å². The summed E-state index contributed by atoms with van der Waals surface area (Å²) in [6.45, 7) is 3.37. The highest BCUT2D eigenvalue weighted by Gasteiger charge is 2.20. The number of Topliss-reactive ketones (excluding diaryl/α,β-unsaturated/α-hetero) is 1. The van der Waals surface area contributed by atoms with E-state index in [2.05, 4.69) is 10.6 Å². The molecule has 0 saturated carbocycles. The largest absolute Gasteiger partial charge is 0.466 e. The number of ether oxygens (including phenoxy) is 1.